The average molecular weight is 377 g/mol. The predicted molar refractivity (Wildman–Crippen MR) is 94.2 cm³/mol. The summed E-state index contributed by atoms with van der Waals surface area (Å²) in [6.45, 7) is 7.19. The van der Waals surface area contributed by atoms with Gasteiger partial charge in [-0.05, 0) is 38.1 Å². The number of esters is 1. The van der Waals surface area contributed by atoms with Crippen molar-refractivity contribution >= 4 is 11.9 Å². The first-order valence-electron chi connectivity index (χ1n) is 8.21. The van der Waals surface area contributed by atoms with Crippen molar-refractivity contribution in [3.05, 3.63) is 52.8 Å². The number of amides is 1. The van der Waals surface area contributed by atoms with Crippen LogP contribution in [0.25, 0.3) is 11.5 Å². The summed E-state index contributed by atoms with van der Waals surface area (Å²) in [5, 5.41) is 3.87. The number of rotatable bonds is 8. The van der Waals surface area contributed by atoms with Crippen LogP contribution in [0, 0.1) is 5.82 Å². The largest absolute Gasteiger partial charge is 0.454 e. The molecular weight excluding hydrogens is 357 g/mol. The summed E-state index contributed by atoms with van der Waals surface area (Å²) in [5.74, 6) is -2.54. The van der Waals surface area contributed by atoms with Crippen LogP contribution in [0.2, 0.25) is 0 Å². The molecule has 0 aliphatic rings. The molecule has 0 saturated carbocycles. The predicted octanol–water partition coefficient (Wildman–Crippen LogP) is 1.61. The Morgan fingerprint density at radius 1 is 1.33 bits per heavy atom. The van der Waals surface area contributed by atoms with Crippen LogP contribution in [0.3, 0.4) is 0 Å². The first-order chi connectivity index (χ1) is 12.8. The van der Waals surface area contributed by atoms with Crippen molar-refractivity contribution in [3.8, 4) is 11.5 Å². The second-order valence-corrected chi connectivity index (χ2v) is 5.86. The Hall–Kier alpha value is -3.23. The Bertz CT molecular complexity index is 885. The van der Waals surface area contributed by atoms with Gasteiger partial charge in [-0.25, -0.2) is 9.18 Å². The lowest BCUT2D eigenvalue weighted by atomic mass is 10.2. The van der Waals surface area contributed by atoms with Gasteiger partial charge in [0.05, 0.1) is 0 Å². The molecular formula is C18H20FN3O5. The number of ether oxygens (including phenoxy) is 1. The Balaban J connectivity index is 1.96. The van der Waals surface area contributed by atoms with Crippen LogP contribution in [0.5, 0.6) is 0 Å². The molecule has 0 unspecified atom stereocenters. The summed E-state index contributed by atoms with van der Waals surface area (Å²) >= 11 is 0. The Kier molecular flexibility index (Phi) is 6.64. The van der Waals surface area contributed by atoms with E-state index in [1.807, 2.05) is 0 Å². The van der Waals surface area contributed by atoms with E-state index in [9.17, 15) is 18.8 Å². The molecule has 0 aliphatic heterocycles. The first-order valence-corrected chi connectivity index (χ1v) is 8.21. The molecule has 0 atom stereocenters. The number of nitrogens with zero attached hydrogens (tertiary/aromatic N) is 3. The summed E-state index contributed by atoms with van der Waals surface area (Å²) in [6, 6.07) is 5.17. The van der Waals surface area contributed by atoms with Gasteiger partial charge < -0.3 is 14.1 Å². The Labute approximate surface area is 154 Å². The second kappa shape index (κ2) is 8.93. The van der Waals surface area contributed by atoms with Gasteiger partial charge in [-0.1, -0.05) is 12.2 Å². The maximum atomic E-state index is 12.9. The zero-order chi connectivity index (χ0) is 20.0. The van der Waals surface area contributed by atoms with Crippen LogP contribution < -0.4 is 5.76 Å². The van der Waals surface area contributed by atoms with Crippen molar-refractivity contribution in [2.75, 3.05) is 19.7 Å². The van der Waals surface area contributed by atoms with Crippen molar-refractivity contribution < 1.29 is 23.1 Å². The van der Waals surface area contributed by atoms with Gasteiger partial charge >= 0.3 is 11.7 Å². The third kappa shape index (κ3) is 5.63. The summed E-state index contributed by atoms with van der Waals surface area (Å²) in [5.41, 5.74) is 1.19. The number of hydrogen-bond donors (Lipinski definition) is 0. The van der Waals surface area contributed by atoms with E-state index in [0.717, 1.165) is 10.3 Å². The van der Waals surface area contributed by atoms with Crippen LogP contribution in [0.1, 0.15) is 13.8 Å². The van der Waals surface area contributed by atoms with Crippen LogP contribution in [0.15, 0.2) is 45.6 Å². The number of carbonyl (C=O) groups is 2. The van der Waals surface area contributed by atoms with Crippen molar-refractivity contribution in [1.82, 2.24) is 14.7 Å². The minimum absolute atomic E-state index is 0.0532. The summed E-state index contributed by atoms with van der Waals surface area (Å²) in [7, 11) is 0. The molecule has 144 valence electrons. The molecule has 2 rings (SSSR count). The molecule has 0 saturated heterocycles. The van der Waals surface area contributed by atoms with Gasteiger partial charge in [0.15, 0.2) is 6.61 Å². The lowest BCUT2D eigenvalue weighted by molar-refractivity contribution is -0.152. The number of hydrogen-bond acceptors (Lipinski definition) is 6. The molecule has 0 N–H and O–H groups in total. The normalized spacial score (nSPS) is 10.5. The third-order valence-electron chi connectivity index (χ3n) is 3.53. The Morgan fingerprint density at radius 3 is 2.59 bits per heavy atom. The first kappa shape index (κ1) is 20.1. The topological polar surface area (TPSA) is 94.6 Å². The molecule has 1 aromatic heterocycles. The molecule has 0 spiro atoms. The second-order valence-electron chi connectivity index (χ2n) is 5.86. The molecule has 1 amide bonds. The molecule has 27 heavy (non-hydrogen) atoms. The molecule has 9 heteroatoms. The van der Waals surface area contributed by atoms with E-state index in [0.29, 0.717) is 18.7 Å². The van der Waals surface area contributed by atoms with Gasteiger partial charge in [-0.2, -0.15) is 4.68 Å². The Morgan fingerprint density at radius 2 is 2.00 bits per heavy atom. The highest BCUT2D eigenvalue weighted by Gasteiger charge is 2.17. The number of likely N-dealkylation sites (N-methyl/N-ethyl adjacent to an activating group) is 1. The van der Waals surface area contributed by atoms with Crippen LogP contribution in [0.4, 0.5) is 4.39 Å². The molecule has 2 aromatic rings. The number of aromatic nitrogens is 2. The fourth-order valence-corrected chi connectivity index (χ4v) is 2.22. The summed E-state index contributed by atoms with van der Waals surface area (Å²) in [4.78, 5) is 37.2. The van der Waals surface area contributed by atoms with E-state index in [1.54, 1.807) is 13.8 Å². The summed E-state index contributed by atoms with van der Waals surface area (Å²) in [6.07, 6.45) is 0. The van der Waals surface area contributed by atoms with E-state index in [1.165, 1.54) is 29.2 Å². The maximum absolute atomic E-state index is 12.9. The van der Waals surface area contributed by atoms with Gasteiger partial charge in [0.2, 0.25) is 5.89 Å². The smallest absolute Gasteiger partial charge is 0.437 e. The van der Waals surface area contributed by atoms with E-state index < -0.39 is 30.7 Å². The fourth-order valence-electron chi connectivity index (χ4n) is 2.22. The molecule has 0 bridgehead atoms. The van der Waals surface area contributed by atoms with Gasteiger partial charge in [-0.15, -0.1) is 5.10 Å². The minimum Gasteiger partial charge on any atom is -0.454 e. The monoisotopic (exact) mass is 377 g/mol. The van der Waals surface area contributed by atoms with E-state index in [-0.39, 0.29) is 11.8 Å². The fraction of sp³-hybridized carbons (Fsp3) is 0.333. The zero-order valence-corrected chi connectivity index (χ0v) is 15.1. The van der Waals surface area contributed by atoms with Crippen LogP contribution >= 0.6 is 0 Å². The van der Waals surface area contributed by atoms with E-state index in [2.05, 4.69) is 11.7 Å². The third-order valence-corrected chi connectivity index (χ3v) is 3.53. The zero-order valence-electron chi connectivity index (χ0n) is 15.1. The standard InChI is InChI=1S/C18H20FN3O5/c1-4-21(9-12(2)3)15(23)11-26-16(24)10-22-18(25)27-17(20-22)13-5-7-14(19)8-6-13/h5-8H,2,4,9-11H2,1,3H3. The SMILES string of the molecule is C=C(C)CN(CC)C(=O)COC(=O)Cn1nc(-c2ccc(F)cc2)oc1=O. The quantitative estimate of drug-likeness (QED) is 0.512. The molecule has 0 aliphatic carbocycles. The van der Waals surface area contributed by atoms with Crippen molar-refractivity contribution in [1.29, 1.82) is 0 Å². The highest BCUT2D eigenvalue weighted by atomic mass is 19.1. The molecule has 0 fully saturated rings. The van der Waals surface area contributed by atoms with Crippen LogP contribution in [-0.2, 0) is 20.9 Å². The van der Waals surface area contributed by atoms with Crippen LogP contribution in [-0.4, -0.2) is 46.3 Å². The lowest BCUT2D eigenvalue weighted by Crippen LogP contribution is -2.36. The minimum atomic E-state index is -0.866. The van der Waals surface area contributed by atoms with E-state index in [4.69, 9.17) is 9.15 Å². The van der Waals surface area contributed by atoms with Crippen molar-refractivity contribution in [3.63, 3.8) is 0 Å². The maximum Gasteiger partial charge on any atom is 0.437 e. The highest BCUT2D eigenvalue weighted by molar-refractivity contribution is 5.80. The van der Waals surface area contributed by atoms with Gasteiger partial charge in [0.1, 0.15) is 12.4 Å². The summed E-state index contributed by atoms with van der Waals surface area (Å²) < 4.78 is 23.6. The van der Waals surface area contributed by atoms with Crippen molar-refractivity contribution in [2.24, 2.45) is 0 Å². The lowest BCUT2D eigenvalue weighted by Gasteiger charge is -2.20. The van der Waals surface area contributed by atoms with Gasteiger partial charge in [0.25, 0.3) is 5.91 Å². The number of carbonyl (C=O) groups excluding carboxylic acids is 2. The molecule has 1 aromatic carbocycles. The van der Waals surface area contributed by atoms with Gasteiger partial charge in [0, 0.05) is 18.7 Å². The average Bonchev–Trinajstić information content (AvgIpc) is 2.98. The highest BCUT2D eigenvalue weighted by Crippen LogP contribution is 2.15. The molecule has 8 nitrogen and oxygen atoms in total. The molecule has 1 heterocycles. The van der Waals surface area contributed by atoms with Gasteiger partial charge in [-0.3, -0.25) is 9.59 Å². The number of benzene rings is 1. The number of halogens is 1. The molecule has 0 radical (unpaired) electrons. The van der Waals surface area contributed by atoms with Crippen molar-refractivity contribution in [2.45, 2.75) is 20.4 Å². The van der Waals surface area contributed by atoms with E-state index >= 15 is 0 Å².